The van der Waals surface area contributed by atoms with Gasteiger partial charge in [-0.15, -0.1) is 12.4 Å². The number of likely N-dealkylation sites (tertiary alicyclic amines) is 1. The molecule has 2 amide bonds. The van der Waals surface area contributed by atoms with Crippen LogP contribution in [0.25, 0.3) is 10.9 Å². The summed E-state index contributed by atoms with van der Waals surface area (Å²) in [6, 6.07) is 16.6. The van der Waals surface area contributed by atoms with Gasteiger partial charge in [0, 0.05) is 30.4 Å². The molecular weight excluding hydrogens is 390 g/mol. The molecule has 1 fully saturated rings. The molecule has 0 saturated carbocycles. The monoisotopic (exact) mass is 413 g/mol. The Morgan fingerprint density at radius 2 is 1.83 bits per heavy atom. The Morgan fingerprint density at radius 1 is 1.14 bits per heavy atom. The first-order valence-electron chi connectivity index (χ1n) is 9.38. The van der Waals surface area contributed by atoms with Gasteiger partial charge in [-0.25, -0.2) is 0 Å². The molecule has 152 valence electrons. The Hall–Kier alpha value is -2.90. The van der Waals surface area contributed by atoms with Crippen LogP contribution in [0.4, 0.5) is 0 Å². The van der Waals surface area contributed by atoms with Gasteiger partial charge < -0.3 is 16.0 Å². The van der Waals surface area contributed by atoms with Gasteiger partial charge in [-0.2, -0.15) is 5.10 Å². The molecule has 0 radical (unpaired) electrons. The molecular formula is C21H24ClN5O2. The smallest absolute Gasteiger partial charge is 0.273 e. The van der Waals surface area contributed by atoms with Crippen molar-refractivity contribution in [1.29, 1.82) is 0 Å². The summed E-state index contributed by atoms with van der Waals surface area (Å²) in [7, 11) is 0. The number of rotatable bonds is 4. The zero-order valence-corrected chi connectivity index (χ0v) is 16.9. The zero-order chi connectivity index (χ0) is 19.7. The Kier molecular flexibility index (Phi) is 6.20. The van der Waals surface area contributed by atoms with Crippen LogP contribution in [0.2, 0.25) is 0 Å². The van der Waals surface area contributed by atoms with Crippen LogP contribution in [0.1, 0.15) is 28.9 Å². The van der Waals surface area contributed by atoms with Gasteiger partial charge in [-0.05, 0) is 18.6 Å². The van der Waals surface area contributed by atoms with E-state index >= 15 is 0 Å². The van der Waals surface area contributed by atoms with Crippen molar-refractivity contribution in [2.24, 2.45) is 5.73 Å². The summed E-state index contributed by atoms with van der Waals surface area (Å²) in [6.45, 7) is 2.72. The maximum absolute atomic E-state index is 12.9. The highest BCUT2D eigenvalue weighted by Crippen LogP contribution is 2.26. The number of carbonyl (C=O) groups is 2. The molecule has 29 heavy (non-hydrogen) atoms. The van der Waals surface area contributed by atoms with E-state index in [9.17, 15) is 9.59 Å². The Morgan fingerprint density at radius 3 is 2.59 bits per heavy atom. The summed E-state index contributed by atoms with van der Waals surface area (Å²) in [6.07, 6.45) is 0. The van der Waals surface area contributed by atoms with E-state index in [-0.39, 0.29) is 41.9 Å². The SMILES string of the molecule is CC(NC(=O)c1n[nH]c2ccccc12)C(=O)N1C[C@@H](N)[C@H](c2ccccc2)C1.Cl. The number of nitrogens with one attached hydrogen (secondary N) is 2. The number of aromatic nitrogens is 2. The molecule has 0 spiro atoms. The summed E-state index contributed by atoms with van der Waals surface area (Å²) < 4.78 is 0. The fraction of sp³-hybridized carbons (Fsp3) is 0.286. The Labute approximate surface area is 175 Å². The number of halogens is 1. The van der Waals surface area contributed by atoms with E-state index in [0.29, 0.717) is 13.1 Å². The molecule has 4 N–H and O–H groups in total. The largest absolute Gasteiger partial charge is 0.339 e. The number of para-hydroxylation sites is 1. The predicted molar refractivity (Wildman–Crippen MR) is 114 cm³/mol. The van der Waals surface area contributed by atoms with Gasteiger partial charge in [-0.3, -0.25) is 14.7 Å². The van der Waals surface area contributed by atoms with E-state index in [4.69, 9.17) is 5.73 Å². The maximum atomic E-state index is 12.9. The van der Waals surface area contributed by atoms with Crippen molar-refractivity contribution in [3.63, 3.8) is 0 Å². The molecule has 0 bridgehead atoms. The fourth-order valence-electron chi connectivity index (χ4n) is 3.80. The van der Waals surface area contributed by atoms with Crippen LogP contribution in [-0.2, 0) is 4.79 Å². The highest BCUT2D eigenvalue weighted by molar-refractivity contribution is 6.05. The number of nitrogens with zero attached hydrogens (tertiary/aromatic N) is 2. The Bertz CT molecular complexity index is 1010. The van der Waals surface area contributed by atoms with Crippen molar-refractivity contribution < 1.29 is 9.59 Å². The van der Waals surface area contributed by atoms with Crippen molar-refractivity contribution in [3.8, 4) is 0 Å². The Balaban J connectivity index is 0.00000240. The summed E-state index contributed by atoms with van der Waals surface area (Å²) in [5.74, 6) is -0.410. The van der Waals surface area contributed by atoms with Gasteiger partial charge >= 0.3 is 0 Å². The molecule has 4 rings (SSSR count). The van der Waals surface area contributed by atoms with E-state index in [1.54, 1.807) is 11.8 Å². The zero-order valence-electron chi connectivity index (χ0n) is 16.0. The summed E-state index contributed by atoms with van der Waals surface area (Å²) in [4.78, 5) is 27.2. The van der Waals surface area contributed by atoms with E-state index in [2.05, 4.69) is 15.5 Å². The van der Waals surface area contributed by atoms with E-state index in [1.807, 2.05) is 54.6 Å². The third-order valence-electron chi connectivity index (χ3n) is 5.31. The van der Waals surface area contributed by atoms with Crippen molar-refractivity contribution in [2.75, 3.05) is 13.1 Å². The third-order valence-corrected chi connectivity index (χ3v) is 5.31. The quantitative estimate of drug-likeness (QED) is 0.608. The second-order valence-electron chi connectivity index (χ2n) is 7.24. The van der Waals surface area contributed by atoms with E-state index < -0.39 is 6.04 Å². The minimum absolute atomic E-state index is 0. The molecule has 1 aliphatic rings. The average molecular weight is 414 g/mol. The van der Waals surface area contributed by atoms with Gasteiger partial charge in [-0.1, -0.05) is 48.5 Å². The number of aromatic amines is 1. The minimum atomic E-state index is -0.662. The number of benzene rings is 2. The lowest BCUT2D eigenvalue weighted by atomic mass is 9.95. The number of amides is 2. The molecule has 1 saturated heterocycles. The highest BCUT2D eigenvalue weighted by atomic mass is 35.5. The summed E-state index contributed by atoms with van der Waals surface area (Å²) in [5.41, 5.74) is 8.48. The van der Waals surface area contributed by atoms with E-state index in [1.165, 1.54) is 0 Å². The van der Waals surface area contributed by atoms with Crippen LogP contribution >= 0.6 is 12.4 Å². The first-order chi connectivity index (χ1) is 13.5. The van der Waals surface area contributed by atoms with Gasteiger partial charge in [0.2, 0.25) is 5.91 Å². The van der Waals surface area contributed by atoms with Crippen LogP contribution in [0, 0.1) is 0 Å². The molecule has 1 aliphatic heterocycles. The fourth-order valence-corrected chi connectivity index (χ4v) is 3.80. The lowest BCUT2D eigenvalue weighted by Crippen LogP contribution is -2.46. The van der Waals surface area contributed by atoms with Gasteiger partial charge in [0.15, 0.2) is 5.69 Å². The molecule has 0 aliphatic carbocycles. The van der Waals surface area contributed by atoms with Crippen LogP contribution in [-0.4, -0.2) is 52.1 Å². The van der Waals surface area contributed by atoms with Crippen molar-refractivity contribution in [1.82, 2.24) is 20.4 Å². The lowest BCUT2D eigenvalue weighted by molar-refractivity contribution is -0.131. The number of nitrogens with two attached hydrogens (primary N) is 1. The number of H-pyrrole nitrogens is 1. The van der Waals surface area contributed by atoms with Gasteiger partial charge in [0.05, 0.1) is 5.52 Å². The van der Waals surface area contributed by atoms with Gasteiger partial charge in [0.25, 0.3) is 5.91 Å². The number of carbonyl (C=O) groups excluding carboxylic acids is 2. The van der Waals surface area contributed by atoms with Crippen molar-refractivity contribution in [3.05, 3.63) is 65.9 Å². The molecule has 1 unspecified atom stereocenters. The molecule has 2 heterocycles. The van der Waals surface area contributed by atoms with Crippen molar-refractivity contribution in [2.45, 2.75) is 24.9 Å². The van der Waals surface area contributed by atoms with Crippen molar-refractivity contribution >= 4 is 35.1 Å². The standard InChI is InChI=1S/C21H23N5O2.ClH/c1-13(23-20(27)19-15-9-5-6-10-18(15)24-25-19)21(28)26-11-16(17(22)12-26)14-7-3-2-4-8-14;/h2-10,13,16-17H,11-12,22H2,1H3,(H,23,27)(H,24,25);1H/t13?,16-,17+;/m0./s1. The molecule has 7 nitrogen and oxygen atoms in total. The third kappa shape index (κ3) is 4.11. The molecule has 8 heteroatoms. The number of fused-ring (bicyclic) bond motifs is 1. The second kappa shape index (κ2) is 8.63. The first kappa shape index (κ1) is 20.8. The van der Waals surface area contributed by atoms with Crippen LogP contribution in [0.5, 0.6) is 0 Å². The molecule has 3 atom stereocenters. The number of hydrogen-bond acceptors (Lipinski definition) is 4. The summed E-state index contributed by atoms with van der Waals surface area (Å²) in [5, 5.41) is 10.4. The van der Waals surface area contributed by atoms with Crippen LogP contribution < -0.4 is 11.1 Å². The molecule has 1 aromatic heterocycles. The van der Waals surface area contributed by atoms with Crippen LogP contribution in [0.3, 0.4) is 0 Å². The lowest BCUT2D eigenvalue weighted by Gasteiger charge is -2.21. The second-order valence-corrected chi connectivity index (χ2v) is 7.24. The maximum Gasteiger partial charge on any atom is 0.273 e. The topological polar surface area (TPSA) is 104 Å². The average Bonchev–Trinajstić information content (AvgIpc) is 3.31. The van der Waals surface area contributed by atoms with Crippen LogP contribution in [0.15, 0.2) is 54.6 Å². The number of hydrogen-bond donors (Lipinski definition) is 3. The summed E-state index contributed by atoms with van der Waals surface area (Å²) >= 11 is 0. The predicted octanol–water partition coefficient (Wildman–Crippen LogP) is 2.06. The molecule has 3 aromatic rings. The normalized spacial score (nSPS) is 19.6. The minimum Gasteiger partial charge on any atom is -0.339 e. The highest BCUT2D eigenvalue weighted by Gasteiger charge is 2.35. The molecule has 2 aromatic carbocycles. The first-order valence-corrected chi connectivity index (χ1v) is 9.38. The van der Waals surface area contributed by atoms with E-state index in [0.717, 1.165) is 16.5 Å². The van der Waals surface area contributed by atoms with Gasteiger partial charge in [0.1, 0.15) is 6.04 Å².